The number of carbonyl (C=O) groups is 2. The second kappa shape index (κ2) is 5.69. The highest BCUT2D eigenvalue weighted by Gasteiger charge is 2.40. The summed E-state index contributed by atoms with van der Waals surface area (Å²) in [6.07, 6.45) is -0.00650. The molecular formula is C13H23NO4. The van der Waals surface area contributed by atoms with Gasteiger partial charge in [0.2, 0.25) is 5.91 Å². The number of hydrogen-bond donors (Lipinski definition) is 1. The molecule has 2 atom stereocenters. The normalized spacial score (nSPS) is 24.2. The molecule has 1 aliphatic heterocycles. The van der Waals surface area contributed by atoms with E-state index in [-0.39, 0.29) is 30.9 Å². The van der Waals surface area contributed by atoms with Crippen LogP contribution in [0.2, 0.25) is 0 Å². The fourth-order valence-corrected chi connectivity index (χ4v) is 2.11. The van der Waals surface area contributed by atoms with E-state index in [1.807, 2.05) is 20.8 Å². The van der Waals surface area contributed by atoms with Gasteiger partial charge < -0.3 is 14.7 Å². The van der Waals surface area contributed by atoms with Gasteiger partial charge in [-0.1, -0.05) is 20.8 Å². The summed E-state index contributed by atoms with van der Waals surface area (Å²) in [4.78, 5) is 25.3. The molecule has 0 unspecified atom stereocenters. The lowest BCUT2D eigenvalue weighted by molar-refractivity contribution is -0.153. The molecule has 0 bridgehead atoms. The fourth-order valence-electron chi connectivity index (χ4n) is 2.11. The molecule has 18 heavy (non-hydrogen) atoms. The molecular weight excluding hydrogens is 234 g/mol. The second-order valence-electron chi connectivity index (χ2n) is 5.94. The molecule has 0 spiro atoms. The Bertz CT molecular complexity index is 321. The lowest BCUT2D eigenvalue weighted by atomic mass is 9.91. The molecule has 0 aliphatic carbocycles. The van der Waals surface area contributed by atoms with Crippen molar-refractivity contribution in [1.29, 1.82) is 0 Å². The lowest BCUT2D eigenvalue weighted by Crippen LogP contribution is -2.42. The van der Waals surface area contributed by atoms with Crippen molar-refractivity contribution >= 4 is 11.9 Å². The minimum atomic E-state index is -0.636. The van der Waals surface area contributed by atoms with Crippen molar-refractivity contribution in [3.8, 4) is 0 Å². The van der Waals surface area contributed by atoms with Crippen LogP contribution >= 0.6 is 0 Å². The Morgan fingerprint density at radius 3 is 2.50 bits per heavy atom. The van der Waals surface area contributed by atoms with Gasteiger partial charge in [-0.2, -0.15) is 0 Å². The molecule has 0 aromatic rings. The fraction of sp³-hybridized carbons (Fsp3) is 0.846. The molecule has 0 saturated carbocycles. The molecule has 5 nitrogen and oxygen atoms in total. The summed E-state index contributed by atoms with van der Waals surface area (Å²) in [6.45, 7) is 8.14. The van der Waals surface area contributed by atoms with Gasteiger partial charge >= 0.3 is 5.97 Å². The third-order valence-electron chi connectivity index (χ3n) is 2.84. The van der Waals surface area contributed by atoms with E-state index in [0.717, 1.165) is 0 Å². The molecule has 1 fully saturated rings. The van der Waals surface area contributed by atoms with Crippen LogP contribution in [0.1, 0.15) is 40.5 Å². The number of amides is 1. The number of likely N-dealkylation sites (tertiary alicyclic amines) is 1. The Morgan fingerprint density at radius 2 is 2.00 bits per heavy atom. The van der Waals surface area contributed by atoms with Crippen LogP contribution in [0.4, 0.5) is 0 Å². The highest BCUT2D eigenvalue weighted by Crippen LogP contribution is 2.25. The maximum Gasteiger partial charge on any atom is 0.328 e. The van der Waals surface area contributed by atoms with E-state index >= 15 is 0 Å². The molecule has 1 rings (SSSR count). The summed E-state index contributed by atoms with van der Waals surface area (Å²) in [7, 11) is 0. The van der Waals surface area contributed by atoms with Crippen LogP contribution in [-0.4, -0.2) is 47.2 Å². The van der Waals surface area contributed by atoms with Crippen LogP contribution in [0.15, 0.2) is 0 Å². The summed E-state index contributed by atoms with van der Waals surface area (Å²) in [5, 5.41) is 9.63. The average molecular weight is 257 g/mol. The van der Waals surface area contributed by atoms with Gasteiger partial charge in [-0.3, -0.25) is 4.79 Å². The maximum absolute atomic E-state index is 12.1. The first kappa shape index (κ1) is 15.0. The number of rotatable bonds is 3. The Hall–Kier alpha value is -1.10. The quantitative estimate of drug-likeness (QED) is 0.764. The van der Waals surface area contributed by atoms with Crippen LogP contribution in [-0.2, 0) is 14.3 Å². The van der Waals surface area contributed by atoms with Gasteiger partial charge in [0.05, 0.1) is 12.7 Å². The lowest BCUT2D eigenvalue weighted by Gasteiger charge is -2.26. The van der Waals surface area contributed by atoms with Gasteiger partial charge in [-0.25, -0.2) is 4.79 Å². The van der Waals surface area contributed by atoms with E-state index in [0.29, 0.717) is 6.42 Å². The number of aliphatic hydroxyl groups is 1. The third-order valence-corrected chi connectivity index (χ3v) is 2.84. The third kappa shape index (κ3) is 3.98. The minimum absolute atomic E-state index is 0.0999. The van der Waals surface area contributed by atoms with Gasteiger partial charge in [0.25, 0.3) is 0 Å². The van der Waals surface area contributed by atoms with Crippen LogP contribution in [0.3, 0.4) is 0 Å². The van der Waals surface area contributed by atoms with E-state index in [1.165, 1.54) is 4.90 Å². The van der Waals surface area contributed by atoms with E-state index < -0.39 is 18.1 Å². The molecule has 0 radical (unpaired) electrons. The van der Waals surface area contributed by atoms with Gasteiger partial charge in [0.1, 0.15) is 6.04 Å². The predicted molar refractivity (Wildman–Crippen MR) is 66.8 cm³/mol. The van der Waals surface area contributed by atoms with Crippen molar-refractivity contribution in [2.45, 2.75) is 52.7 Å². The number of ether oxygens (including phenoxy) is 1. The number of esters is 1. The SMILES string of the molecule is CCOC(=O)[C@@H]1C[C@@H](O)CN1C(=O)CC(C)(C)C. The molecule has 1 N–H and O–H groups in total. The van der Waals surface area contributed by atoms with Crippen molar-refractivity contribution in [3.05, 3.63) is 0 Å². The summed E-state index contributed by atoms with van der Waals surface area (Å²) >= 11 is 0. The molecule has 0 aromatic heterocycles. The largest absolute Gasteiger partial charge is 0.464 e. The topological polar surface area (TPSA) is 66.8 Å². The monoisotopic (exact) mass is 257 g/mol. The Balaban J connectivity index is 2.72. The molecule has 1 aliphatic rings. The standard InChI is InChI=1S/C13H23NO4/c1-5-18-12(17)10-6-9(15)8-14(10)11(16)7-13(2,3)4/h9-10,15H,5-8H2,1-4H3/t9-,10+/m1/s1. The second-order valence-corrected chi connectivity index (χ2v) is 5.94. The van der Waals surface area contributed by atoms with Crippen molar-refractivity contribution in [3.63, 3.8) is 0 Å². The minimum Gasteiger partial charge on any atom is -0.464 e. The Kier molecular flexibility index (Phi) is 4.73. The zero-order chi connectivity index (χ0) is 13.9. The van der Waals surface area contributed by atoms with Crippen LogP contribution in [0.5, 0.6) is 0 Å². The highest BCUT2D eigenvalue weighted by molar-refractivity contribution is 5.85. The van der Waals surface area contributed by atoms with Gasteiger partial charge in [-0.15, -0.1) is 0 Å². The predicted octanol–water partition coefficient (Wildman–Crippen LogP) is 0.947. The van der Waals surface area contributed by atoms with Crippen molar-refractivity contribution in [1.82, 2.24) is 4.90 Å². The Labute approximate surface area is 108 Å². The summed E-state index contributed by atoms with van der Waals surface area (Å²) in [5.41, 5.74) is -0.135. The number of hydrogen-bond acceptors (Lipinski definition) is 4. The molecule has 1 amide bonds. The smallest absolute Gasteiger partial charge is 0.328 e. The van der Waals surface area contributed by atoms with Crippen LogP contribution in [0, 0.1) is 5.41 Å². The first-order valence-electron chi connectivity index (χ1n) is 6.38. The van der Waals surface area contributed by atoms with Gasteiger partial charge in [-0.05, 0) is 12.3 Å². The molecule has 0 aromatic carbocycles. The summed E-state index contributed by atoms with van der Waals surface area (Å²) < 4.78 is 4.94. The van der Waals surface area contributed by atoms with E-state index in [4.69, 9.17) is 4.74 Å². The first-order valence-corrected chi connectivity index (χ1v) is 6.38. The first-order chi connectivity index (χ1) is 8.24. The molecule has 1 saturated heterocycles. The molecule has 104 valence electrons. The van der Waals surface area contributed by atoms with Crippen LogP contribution in [0.25, 0.3) is 0 Å². The number of aliphatic hydroxyl groups excluding tert-OH is 1. The molecule has 5 heteroatoms. The van der Waals surface area contributed by atoms with Gasteiger partial charge in [0, 0.05) is 19.4 Å². The van der Waals surface area contributed by atoms with E-state index in [1.54, 1.807) is 6.92 Å². The Morgan fingerprint density at radius 1 is 1.39 bits per heavy atom. The van der Waals surface area contributed by atoms with E-state index in [2.05, 4.69) is 0 Å². The summed E-state index contributed by atoms with van der Waals surface area (Å²) in [6, 6.07) is -0.630. The van der Waals surface area contributed by atoms with Gasteiger partial charge in [0.15, 0.2) is 0 Å². The van der Waals surface area contributed by atoms with Crippen molar-refractivity contribution in [2.24, 2.45) is 5.41 Å². The number of nitrogens with zero attached hydrogens (tertiary/aromatic N) is 1. The zero-order valence-corrected chi connectivity index (χ0v) is 11.6. The summed E-state index contributed by atoms with van der Waals surface area (Å²) in [5.74, 6) is -0.520. The van der Waals surface area contributed by atoms with Crippen LogP contribution < -0.4 is 0 Å². The highest BCUT2D eigenvalue weighted by atomic mass is 16.5. The number of carbonyl (C=O) groups excluding carboxylic acids is 2. The maximum atomic E-state index is 12.1. The zero-order valence-electron chi connectivity index (χ0n) is 11.6. The average Bonchev–Trinajstić information content (AvgIpc) is 2.58. The van der Waals surface area contributed by atoms with E-state index in [9.17, 15) is 14.7 Å². The molecule has 1 heterocycles. The number of β-amino-alcohol motifs (C(OH)–C–C–N with tert-alkyl or cyclic N) is 1. The van der Waals surface area contributed by atoms with Crippen molar-refractivity contribution in [2.75, 3.05) is 13.2 Å². The van der Waals surface area contributed by atoms with Crippen molar-refractivity contribution < 1.29 is 19.4 Å².